The van der Waals surface area contributed by atoms with Crippen LogP contribution in [0.3, 0.4) is 0 Å². The molecular formula is C5H11NO2. The van der Waals surface area contributed by atoms with Gasteiger partial charge in [0.15, 0.2) is 0 Å². The Bertz CT molecular complexity index is 63.4. The maximum Gasteiger partial charge on any atom is 0.117 e. The van der Waals surface area contributed by atoms with Crippen molar-refractivity contribution in [3.8, 4) is 0 Å². The molecular weight excluding hydrogens is 106 g/mol. The van der Waals surface area contributed by atoms with Crippen LogP contribution in [0.15, 0.2) is 12.5 Å². The molecule has 3 N–H and O–H groups in total. The molecule has 0 aromatic carbocycles. The van der Waals surface area contributed by atoms with Crippen LogP contribution in [0.4, 0.5) is 0 Å². The summed E-state index contributed by atoms with van der Waals surface area (Å²) in [6.07, 6.45) is 2.91. The van der Waals surface area contributed by atoms with Crippen molar-refractivity contribution in [2.45, 2.75) is 6.42 Å². The van der Waals surface area contributed by atoms with Crippen molar-refractivity contribution in [1.29, 1.82) is 0 Å². The first kappa shape index (κ1) is 7.30. The zero-order valence-corrected chi connectivity index (χ0v) is 4.71. The van der Waals surface area contributed by atoms with Gasteiger partial charge in [-0.25, -0.2) is 0 Å². The highest BCUT2D eigenvalue weighted by Gasteiger charge is 1.77. The summed E-state index contributed by atoms with van der Waals surface area (Å²) in [5.74, 6) is 0. The van der Waals surface area contributed by atoms with Gasteiger partial charge in [-0.3, -0.25) is 0 Å². The van der Waals surface area contributed by atoms with E-state index in [1.165, 1.54) is 6.26 Å². The number of nitrogens with two attached hydrogens (primary N) is 1. The Labute approximate surface area is 48.8 Å². The molecule has 0 saturated heterocycles. The summed E-state index contributed by atoms with van der Waals surface area (Å²) >= 11 is 0. The zero-order chi connectivity index (χ0) is 6.24. The Kier molecular flexibility index (Phi) is 5.75. The van der Waals surface area contributed by atoms with E-state index in [1.54, 1.807) is 0 Å². The summed E-state index contributed by atoms with van der Waals surface area (Å²) in [6, 6.07) is 0. The Morgan fingerprint density at radius 1 is 1.62 bits per heavy atom. The number of ether oxygens (including phenoxy) is 1. The van der Waals surface area contributed by atoms with Crippen molar-refractivity contribution in [3.05, 3.63) is 12.5 Å². The second kappa shape index (κ2) is 6.30. The highest BCUT2D eigenvalue weighted by molar-refractivity contribution is 4.56. The second-order valence-electron chi connectivity index (χ2n) is 1.30. The molecule has 0 aromatic rings. The molecule has 8 heavy (non-hydrogen) atoms. The van der Waals surface area contributed by atoms with Crippen molar-refractivity contribution in [2.75, 3.05) is 13.2 Å². The summed E-state index contributed by atoms with van der Waals surface area (Å²) in [5.41, 5.74) is 5.14. The van der Waals surface area contributed by atoms with Crippen molar-refractivity contribution in [1.82, 2.24) is 0 Å². The van der Waals surface area contributed by atoms with Crippen molar-refractivity contribution >= 4 is 0 Å². The van der Waals surface area contributed by atoms with E-state index in [9.17, 15) is 0 Å². The minimum absolute atomic E-state index is 0.577. The van der Waals surface area contributed by atoms with E-state index < -0.39 is 0 Å². The molecule has 0 aromatic heterocycles. The summed E-state index contributed by atoms with van der Waals surface area (Å²) < 4.78 is 4.71. The molecule has 3 nitrogen and oxygen atoms in total. The maximum absolute atomic E-state index is 8.03. The van der Waals surface area contributed by atoms with Crippen LogP contribution in [0.25, 0.3) is 0 Å². The standard InChI is InChI=1S/C5H11NO2/c6-2-1-4-8-5-3-7/h3,5,7H,1-2,4,6H2. The lowest BCUT2D eigenvalue weighted by Crippen LogP contribution is -2.01. The lowest BCUT2D eigenvalue weighted by molar-refractivity contribution is 0.236. The second-order valence-corrected chi connectivity index (χ2v) is 1.30. The minimum Gasteiger partial charge on any atom is -0.512 e. The summed E-state index contributed by atoms with van der Waals surface area (Å²) in [5, 5.41) is 8.03. The van der Waals surface area contributed by atoms with Crippen LogP contribution in [0.1, 0.15) is 6.42 Å². The fourth-order valence-electron chi connectivity index (χ4n) is 0.278. The van der Waals surface area contributed by atoms with Crippen molar-refractivity contribution in [3.63, 3.8) is 0 Å². The van der Waals surface area contributed by atoms with Gasteiger partial charge < -0.3 is 15.6 Å². The summed E-state index contributed by atoms with van der Waals surface area (Å²) in [4.78, 5) is 0. The zero-order valence-electron chi connectivity index (χ0n) is 4.71. The normalized spacial score (nSPS) is 10.1. The van der Waals surface area contributed by atoms with Gasteiger partial charge >= 0.3 is 0 Å². The molecule has 0 spiro atoms. The molecule has 0 radical (unpaired) electrons. The fourth-order valence-corrected chi connectivity index (χ4v) is 0.278. The van der Waals surface area contributed by atoms with Gasteiger partial charge in [-0.15, -0.1) is 0 Å². The van der Waals surface area contributed by atoms with Gasteiger partial charge in [-0.05, 0) is 13.0 Å². The fraction of sp³-hybridized carbons (Fsp3) is 0.600. The third kappa shape index (κ3) is 5.30. The molecule has 3 heteroatoms. The van der Waals surface area contributed by atoms with E-state index in [0.29, 0.717) is 13.2 Å². The van der Waals surface area contributed by atoms with Gasteiger partial charge in [0, 0.05) is 0 Å². The molecule has 0 saturated carbocycles. The highest BCUT2D eigenvalue weighted by atomic mass is 16.5. The van der Waals surface area contributed by atoms with E-state index in [2.05, 4.69) is 0 Å². The first-order valence-corrected chi connectivity index (χ1v) is 2.52. The number of hydrogen-bond donors (Lipinski definition) is 2. The van der Waals surface area contributed by atoms with Gasteiger partial charge in [0.25, 0.3) is 0 Å². The topological polar surface area (TPSA) is 55.5 Å². The maximum atomic E-state index is 8.03. The first-order chi connectivity index (χ1) is 3.91. The smallest absolute Gasteiger partial charge is 0.117 e. The van der Waals surface area contributed by atoms with Crippen LogP contribution in [0.5, 0.6) is 0 Å². The van der Waals surface area contributed by atoms with Crippen LogP contribution < -0.4 is 5.73 Å². The average Bonchev–Trinajstić information content (AvgIpc) is 1.81. The minimum atomic E-state index is 0.577. The van der Waals surface area contributed by atoms with Crippen LogP contribution in [-0.2, 0) is 4.74 Å². The van der Waals surface area contributed by atoms with Crippen LogP contribution in [0, 0.1) is 0 Å². The molecule has 0 amide bonds. The lowest BCUT2D eigenvalue weighted by Gasteiger charge is -1.94. The molecule has 48 valence electrons. The van der Waals surface area contributed by atoms with E-state index in [-0.39, 0.29) is 0 Å². The predicted molar refractivity (Wildman–Crippen MR) is 31.4 cm³/mol. The molecule has 0 aliphatic heterocycles. The molecule has 0 fully saturated rings. The van der Waals surface area contributed by atoms with Gasteiger partial charge in [0.1, 0.15) is 12.5 Å². The molecule has 0 atom stereocenters. The SMILES string of the molecule is NCCCOC=CO. The number of aliphatic hydroxyl groups is 1. The van der Waals surface area contributed by atoms with Crippen molar-refractivity contribution in [2.24, 2.45) is 5.73 Å². The molecule has 0 aliphatic rings. The Balaban J connectivity index is 2.72. The third-order valence-corrected chi connectivity index (χ3v) is 0.623. The molecule has 0 heterocycles. The van der Waals surface area contributed by atoms with Crippen molar-refractivity contribution < 1.29 is 9.84 Å². The van der Waals surface area contributed by atoms with Gasteiger partial charge in [-0.1, -0.05) is 0 Å². The van der Waals surface area contributed by atoms with Crippen LogP contribution in [-0.4, -0.2) is 18.3 Å². The summed E-state index contributed by atoms with van der Waals surface area (Å²) in [6.45, 7) is 1.20. The van der Waals surface area contributed by atoms with E-state index >= 15 is 0 Å². The molecule has 0 unspecified atom stereocenters. The van der Waals surface area contributed by atoms with Crippen LogP contribution in [0.2, 0.25) is 0 Å². The molecule has 0 bridgehead atoms. The monoisotopic (exact) mass is 117 g/mol. The number of aliphatic hydroxyl groups excluding tert-OH is 1. The average molecular weight is 117 g/mol. The largest absolute Gasteiger partial charge is 0.512 e. The molecule has 0 aliphatic carbocycles. The van der Waals surface area contributed by atoms with Gasteiger partial charge in [0.05, 0.1) is 6.61 Å². The van der Waals surface area contributed by atoms with E-state index in [1.807, 2.05) is 0 Å². The van der Waals surface area contributed by atoms with E-state index in [0.717, 1.165) is 12.7 Å². The quantitative estimate of drug-likeness (QED) is 0.413. The summed E-state index contributed by atoms with van der Waals surface area (Å²) in [7, 11) is 0. The highest BCUT2D eigenvalue weighted by Crippen LogP contribution is 1.78. The van der Waals surface area contributed by atoms with Gasteiger partial charge in [0.2, 0.25) is 0 Å². The first-order valence-electron chi connectivity index (χ1n) is 2.52. The number of rotatable bonds is 4. The molecule has 0 rings (SSSR count). The van der Waals surface area contributed by atoms with Gasteiger partial charge in [-0.2, -0.15) is 0 Å². The predicted octanol–water partition coefficient (Wildman–Crippen LogP) is 0.381. The Hall–Kier alpha value is -0.700. The van der Waals surface area contributed by atoms with E-state index in [4.69, 9.17) is 15.6 Å². The lowest BCUT2D eigenvalue weighted by atomic mass is 10.5. The Morgan fingerprint density at radius 2 is 2.38 bits per heavy atom. The third-order valence-electron chi connectivity index (χ3n) is 0.623. The number of hydrogen-bond acceptors (Lipinski definition) is 3. The Morgan fingerprint density at radius 3 is 2.88 bits per heavy atom. The van der Waals surface area contributed by atoms with Crippen LogP contribution >= 0.6 is 0 Å².